The van der Waals surface area contributed by atoms with Crippen molar-refractivity contribution in [1.29, 1.82) is 0 Å². The number of ether oxygens (including phenoxy) is 1. The predicted octanol–water partition coefficient (Wildman–Crippen LogP) is 1.10. The van der Waals surface area contributed by atoms with E-state index in [0.29, 0.717) is 13.1 Å². The van der Waals surface area contributed by atoms with Gasteiger partial charge in [-0.3, -0.25) is 0 Å². The van der Waals surface area contributed by atoms with Gasteiger partial charge in [0.2, 0.25) is 0 Å². The van der Waals surface area contributed by atoms with Crippen LogP contribution in [-0.2, 0) is 6.54 Å². The first kappa shape index (κ1) is 15.0. The molecule has 18 heavy (non-hydrogen) atoms. The quantitative estimate of drug-likeness (QED) is 0.763. The monoisotopic (exact) mass is 252 g/mol. The molecule has 1 aromatic rings. The van der Waals surface area contributed by atoms with Crippen LogP contribution in [0.5, 0.6) is 5.75 Å². The normalized spacial score (nSPS) is 14.6. The number of methoxy groups -OCH3 is 1. The van der Waals surface area contributed by atoms with E-state index in [9.17, 15) is 5.11 Å². The molecule has 1 atom stereocenters. The number of benzene rings is 1. The van der Waals surface area contributed by atoms with Gasteiger partial charge in [0.1, 0.15) is 5.75 Å². The third-order valence-corrected chi connectivity index (χ3v) is 2.63. The number of hydrogen-bond donors (Lipinski definition) is 2. The predicted molar refractivity (Wildman–Crippen MR) is 73.9 cm³/mol. The molecule has 1 aromatic carbocycles. The molecule has 0 radical (unpaired) electrons. The molecular weight excluding hydrogens is 228 g/mol. The molecule has 0 aliphatic carbocycles. The highest BCUT2D eigenvalue weighted by Crippen LogP contribution is 2.12. The maximum absolute atomic E-state index is 10.1. The molecule has 0 aromatic heterocycles. The molecule has 0 spiro atoms. The van der Waals surface area contributed by atoms with E-state index in [1.807, 2.05) is 50.2 Å². The maximum Gasteiger partial charge on any atom is 0.119 e. The summed E-state index contributed by atoms with van der Waals surface area (Å²) in [6.45, 7) is 3.76. The summed E-state index contributed by atoms with van der Waals surface area (Å²) in [5.41, 5.74) is 0.428. The van der Waals surface area contributed by atoms with Crippen molar-refractivity contribution in [2.45, 2.75) is 19.1 Å². The molecule has 102 valence electrons. The number of rotatable bonds is 7. The second kappa shape index (κ2) is 6.73. The summed E-state index contributed by atoms with van der Waals surface area (Å²) in [5, 5.41) is 13.4. The molecule has 0 amide bonds. The molecule has 0 saturated heterocycles. The van der Waals surface area contributed by atoms with Crippen molar-refractivity contribution in [1.82, 2.24) is 10.2 Å². The number of nitrogens with one attached hydrogen (secondary N) is 1. The topological polar surface area (TPSA) is 44.7 Å². The van der Waals surface area contributed by atoms with Crippen LogP contribution in [0.4, 0.5) is 0 Å². The third kappa shape index (κ3) is 5.49. The van der Waals surface area contributed by atoms with Crippen molar-refractivity contribution in [2.24, 2.45) is 0 Å². The Bertz CT molecular complexity index is 365. The van der Waals surface area contributed by atoms with Crippen LogP contribution in [0.15, 0.2) is 24.3 Å². The minimum Gasteiger partial charge on any atom is -0.497 e. The van der Waals surface area contributed by atoms with Crippen molar-refractivity contribution in [3.05, 3.63) is 29.8 Å². The number of aliphatic hydroxyl groups is 1. The Morgan fingerprint density at radius 2 is 2.11 bits per heavy atom. The Balaban J connectivity index is 2.41. The van der Waals surface area contributed by atoms with Crippen LogP contribution in [0.25, 0.3) is 0 Å². The molecule has 4 nitrogen and oxygen atoms in total. The van der Waals surface area contributed by atoms with E-state index < -0.39 is 5.60 Å². The van der Waals surface area contributed by atoms with E-state index >= 15 is 0 Å². The molecule has 1 unspecified atom stereocenters. The first-order valence-electron chi connectivity index (χ1n) is 6.14. The largest absolute Gasteiger partial charge is 0.497 e. The summed E-state index contributed by atoms with van der Waals surface area (Å²) in [6.07, 6.45) is 0. The van der Waals surface area contributed by atoms with Crippen molar-refractivity contribution < 1.29 is 9.84 Å². The number of likely N-dealkylation sites (N-methyl/N-ethyl adjacent to an activating group) is 1. The summed E-state index contributed by atoms with van der Waals surface area (Å²) < 4.78 is 5.17. The van der Waals surface area contributed by atoms with Gasteiger partial charge >= 0.3 is 0 Å². The van der Waals surface area contributed by atoms with Crippen LogP contribution in [-0.4, -0.2) is 49.9 Å². The number of nitrogens with zero attached hydrogens (tertiary/aromatic N) is 1. The van der Waals surface area contributed by atoms with Crippen molar-refractivity contribution in [3.63, 3.8) is 0 Å². The van der Waals surface area contributed by atoms with Crippen molar-refractivity contribution in [3.8, 4) is 5.75 Å². The van der Waals surface area contributed by atoms with Crippen molar-refractivity contribution in [2.75, 3.05) is 34.3 Å². The number of hydrogen-bond acceptors (Lipinski definition) is 4. The highest BCUT2D eigenvalue weighted by molar-refractivity contribution is 5.28. The first-order chi connectivity index (χ1) is 8.43. The SMILES string of the molecule is COc1cccc(CNCC(C)(O)CN(C)C)c1. The van der Waals surface area contributed by atoms with E-state index in [0.717, 1.165) is 17.9 Å². The van der Waals surface area contributed by atoms with Gasteiger partial charge in [-0.2, -0.15) is 0 Å². The zero-order chi connectivity index (χ0) is 13.6. The van der Waals surface area contributed by atoms with Crippen LogP contribution < -0.4 is 10.1 Å². The van der Waals surface area contributed by atoms with Gasteiger partial charge in [0.25, 0.3) is 0 Å². The summed E-state index contributed by atoms with van der Waals surface area (Å²) in [6, 6.07) is 7.92. The molecule has 1 rings (SSSR count). The van der Waals surface area contributed by atoms with E-state index in [1.54, 1.807) is 7.11 Å². The zero-order valence-corrected chi connectivity index (χ0v) is 11.7. The van der Waals surface area contributed by atoms with Crippen LogP contribution in [0.1, 0.15) is 12.5 Å². The molecule has 0 bridgehead atoms. The highest BCUT2D eigenvalue weighted by atomic mass is 16.5. The fraction of sp³-hybridized carbons (Fsp3) is 0.571. The summed E-state index contributed by atoms with van der Waals surface area (Å²) >= 11 is 0. The molecule has 0 heterocycles. The lowest BCUT2D eigenvalue weighted by atomic mass is 10.1. The molecule has 2 N–H and O–H groups in total. The fourth-order valence-electron chi connectivity index (χ4n) is 2.00. The minimum absolute atomic E-state index is 0.558. The van der Waals surface area contributed by atoms with Gasteiger partial charge in [0, 0.05) is 19.6 Å². The Morgan fingerprint density at radius 3 is 2.72 bits per heavy atom. The van der Waals surface area contributed by atoms with E-state index in [-0.39, 0.29) is 0 Å². The van der Waals surface area contributed by atoms with Gasteiger partial charge in [-0.05, 0) is 38.7 Å². The average molecular weight is 252 g/mol. The van der Waals surface area contributed by atoms with E-state index in [1.165, 1.54) is 0 Å². The van der Waals surface area contributed by atoms with E-state index in [2.05, 4.69) is 5.32 Å². The molecule has 0 fully saturated rings. The van der Waals surface area contributed by atoms with Gasteiger partial charge in [0.15, 0.2) is 0 Å². The summed E-state index contributed by atoms with van der Waals surface area (Å²) in [5.74, 6) is 0.856. The van der Waals surface area contributed by atoms with Crippen LogP contribution in [0.2, 0.25) is 0 Å². The zero-order valence-electron chi connectivity index (χ0n) is 11.7. The fourth-order valence-corrected chi connectivity index (χ4v) is 2.00. The molecular formula is C14H24N2O2. The standard InChI is InChI=1S/C14H24N2O2/c1-14(17,11-16(2)3)10-15-9-12-6-5-7-13(8-12)18-4/h5-8,15,17H,9-11H2,1-4H3. The molecule has 4 heteroatoms. The smallest absolute Gasteiger partial charge is 0.119 e. The average Bonchev–Trinajstić information content (AvgIpc) is 2.27. The minimum atomic E-state index is -0.720. The van der Waals surface area contributed by atoms with Crippen molar-refractivity contribution >= 4 is 0 Å². The Kier molecular flexibility index (Phi) is 5.59. The molecule has 0 aliphatic heterocycles. The molecule has 0 saturated carbocycles. The second-order valence-corrected chi connectivity index (χ2v) is 5.19. The highest BCUT2D eigenvalue weighted by Gasteiger charge is 2.20. The van der Waals surface area contributed by atoms with Crippen LogP contribution >= 0.6 is 0 Å². The maximum atomic E-state index is 10.1. The van der Waals surface area contributed by atoms with Gasteiger partial charge in [0.05, 0.1) is 12.7 Å². The van der Waals surface area contributed by atoms with Gasteiger partial charge in [-0.1, -0.05) is 12.1 Å². The van der Waals surface area contributed by atoms with Crippen LogP contribution in [0, 0.1) is 0 Å². The third-order valence-electron chi connectivity index (χ3n) is 2.63. The lowest BCUT2D eigenvalue weighted by molar-refractivity contribution is 0.0336. The van der Waals surface area contributed by atoms with Crippen LogP contribution in [0.3, 0.4) is 0 Å². The van der Waals surface area contributed by atoms with Gasteiger partial charge < -0.3 is 20.1 Å². The molecule has 0 aliphatic rings. The van der Waals surface area contributed by atoms with Gasteiger partial charge in [-0.25, -0.2) is 0 Å². The Morgan fingerprint density at radius 1 is 1.39 bits per heavy atom. The lowest BCUT2D eigenvalue weighted by Crippen LogP contribution is -2.45. The lowest BCUT2D eigenvalue weighted by Gasteiger charge is -2.27. The summed E-state index contributed by atoms with van der Waals surface area (Å²) in [4.78, 5) is 1.98. The Labute approximate surface area is 110 Å². The van der Waals surface area contributed by atoms with E-state index in [4.69, 9.17) is 4.74 Å². The van der Waals surface area contributed by atoms with Gasteiger partial charge in [-0.15, -0.1) is 0 Å². The second-order valence-electron chi connectivity index (χ2n) is 5.19. The Hall–Kier alpha value is -1.10. The summed E-state index contributed by atoms with van der Waals surface area (Å²) in [7, 11) is 5.57. The first-order valence-corrected chi connectivity index (χ1v) is 6.14.